The van der Waals surface area contributed by atoms with Crippen molar-refractivity contribution in [1.29, 1.82) is 0 Å². The van der Waals surface area contributed by atoms with Gasteiger partial charge in [0.15, 0.2) is 0 Å². The maximum Gasteiger partial charge on any atom is 3.00 e. The van der Waals surface area contributed by atoms with Crippen molar-refractivity contribution in [2.24, 2.45) is 0 Å². The van der Waals surface area contributed by atoms with Crippen LogP contribution in [-0.2, 0) is 9.36 Å². The van der Waals surface area contributed by atoms with Crippen LogP contribution in [0.15, 0.2) is 0 Å². The molecule has 2 N–H and O–H groups in total. The summed E-state index contributed by atoms with van der Waals surface area (Å²) in [6.45, 7) is 1.20. The Kier molecular flexibility index (Phi) is 11.5. The molecule has 0 heterocycles. The van der Waals surface area contributed by atoms with Crippen LogP contribution < -0.4 is 14.7 Å². The zero-order valence-electron chi connectivity index (χ0n) is 6.04. The first-order valence-corrected chi connectivity index (χ1v) is 3.74. The Morgan fingerprint density at radius 1 is 1.42 bits per heavy atom. The van der Waals surface area contributed by atoms with Crippen molar-refractivity contribution in [1.82, 2.24) is 0 Å². The molecule has 0 aliphatic heterocycles. The Bertz CT molecular complexity index is 154. The Morgan fingerprint density at radius 3 is 1.50 bits per heavy atom. The van der Waals surface area contributed by atoms with Crippen molar-refractivity contribution >= 4 is 31.2 Å². The maximum absolute atomic E-state index is 9.45. The van der Waals surface area contributed by atoms with E-state index >= 15 is 0 Å². The van der Waals surface area contributed by atoms with Gasteiger partial charge in [-0.05, 0) is 6.92 Å². The van der Waals surface area contributed by atoms with E-state index in [1.165, 1.54) is 6.92 Å². The summed E-state index contributed by atoms with van der Waals surface area (Å²) in [6, 6.07) is 0. The van der Waals surface area contributed by atoms with E-state index in [4.69, 9.17) is 29.5 Å². The summed E-state index contributed by atoms with van der Waals surface area (Å²) < 4.78 is 8.55. The van der Waals surface area contributed by atoms with E-state index in [0.717, 1.165) is 0 Å². The van der Waals surface area contributed by atoms with Gasteiger partial charge in [-0.25, -0.2) is 4.79 Å². The molecule has 0 aromatic rings. The van der Waals surface area contributed by atoms with Crippen LogP contribution in [0.3, 0.4) is 0 Å². The third-order valence-corrected chi connectivity index (χ3v) is 0.357. The van der Waals surface area contributed by atoms with Crippen LogP contribution in [0.5, 0.6) is 0 Å². The van der Waals surface area contributed by atoms with E-state index in [9.17, 15) is 4.79 Å². The Morgan fingerprint density at radius 2 is 1.50 bits per heavy atom. The quantitative estimate of drug-likeness (QED) is 0.335. The fourth-order valence-corrected chi connectivity index (χ4v) is 0. The predicted molar refractivity (Wildman–Crippen MR) is 32.7 cm³/mol. The number of carboxylic acid groups (broad SMARTS) is 1. The van der Waals surface area contributed by atoms with Gasteiger partial charge in [0, 0.05) is 0 Å². The van der Waals surface area contributed by atoms with Crippen LogP contribution in [-0.4, -0.2) is 39.6 Å². The van der Waals surface area contributed by atoms with E-state index in [1.807, 2.05) is 0 Å². The maximum atomic E-state index is 9.45. The molecule has 0 saturated carbocycles. The van der Waals surface area contributed by atoms with Crippen LogP contribution >= 0.6 is 7.82 Å². The molecule has 1 atom stereocenters. The van der Waals surface area contributed by atoms with Crippen molar-refractivity contribution in [2.75, 3.05) is 0 Å². The number of aliphatic carboxylic acids is 1. The summed E-state index contributed by atoms with van der Waals surface area (Å²) in [5.41, 5.74) is 0. The Labute approximate surface area is 79.0 Å². The summed E-state index contributed by atoms with van der Waals surface area (Å²) in [5, 5.41) is 15.8. The van der Waals surface area contributed by atoms with Crippen molar-refractivity contribution in [3.05, 3.63) is 0 Å². The molecule has 0 radical (unpaired) electrons. The molecule has 0 fully saturated rings. The minimum atomic E-state index is -5.39. The smallest absolute Gasteiger partial charge is 0.822 e. The number of hydrogen-bond donors (Lipinski definition) is 2. The second-order valence-corrected chi connectivity index (χ2v) is 2.36. The fourth-order valence-electron chi connectivity index (χ4n) is 0. The summed E-state index contributed by atoms with van der Waals surface area (Å²) in [4.78, 5) is 35.1. The molecule has 0 aromatic carbocycles. The van der Waals surface area contributed by atoms with Crippen LogP contribution in [0.1, 0.15) is 6.92 Å². The number of aliphatic hydroxyl groups excluding tert-OH is 1. The SMILES string of the molecule is CC(O)C(=O)O.O=P([O-])([O-])[O-].[Al+3]. The minimum absolute atomic E-state index is 0. The molecule has 0 saturated heterocycles. The zero-order valence-corrected chi connectivity index (χ0v) is 8.09. The van der Waals surface area contributed by atoms with Crippen LogP contribution in [0.2, 0.25) is 0 Å². The third kappa shape index (κ3) is 50.0. The second kappa shape index (κ2) is 7.71. The van der Waals surface area contributed by atoms with Gasteiger partial charge >= 0.3 is 23.3 Å². The number of aliphatic hydroxyl groups is 1. The van der Waals surface area contributed by atoms with E-state index in [-0.39, 0.29) is 17.4 Å². The van der Waals surface area contributed by atoms with Gasteiger partial charge in [0.1, 0.15) is 6.10 Å². The van der Waals surface area contributed by atoms with Gasteiger partial charge in [0.2, 0.25) is 0 Å². The number of rotatable bonds is 1. The van der Waals surface area contributed by atoms with Gasteiger partial charge in [-0.15, -0.1) is 0 Å². The van der Waals surface area contributed by atoms with Crippen molar-refractivity contribution in [2.45, 2.75) is 13.0 Å². The van der Waals surface area contributed by atoms with Crippen LogP contribution in [0, 0.1) is 0 Å². The molecular formula is C3H6AlO7P. The standard InChI is InChI=1S/C3H6O3.Al.H3O4P/c1-2(4)3(5)6;;1-5(2,3)4/h2,4H,1H3,(H,5,6);;(H3,1,2,3,4)/q;+3;/p-3. The molecular weight excluding hydrogens is 206 g/mol. The summed E-state index contributed by atoms with van der Waals surface area (Å²) in [6.07, 6.45) is -1.23. The van der Waals surface area contributed by atoms with E-state index in [1.54, 1.807) is 0 Å². The summed E-state index contributed by atoms with van der Waals surface area (Å²) >= 11 is 0. The average molecular weight is 212 g/mol. The molecule has 12 heavy (non-hydrogen) atoms. The van der Waals surface area contributed by atoms with Crippen molar-refractivity contribution in [3.8, 4) is 0 Å². The van der Waals surface area contributed by atoms with Gasteiger partial charge in [-0.2, -0.15) is 7.82 Å². The topological polar surface area (TPSA) is 144 Å². The molecule has 0 aliphatic carbocycles. The molecule has 0 aliphatic rings. The van der Waals surface area contributed by atoms with Crippen LogP contribution in [0.25, 0.3) is 0 Å². The normalized spacial score (nSPS) is 11.8. The van der Waals surface area contributed by atoms with Crippen molar-refractivity contribution < 1.29 is 34.3 Å². The average Bonchev–Trinajstić information content (AvgIpc) is 1.59. The molecule has 0 amide bonds. The van der Waals surface area contributed by atoms with E-state index in [0.29, 0.717) is 0 Å². The van der Waals surface area contributed by atoms with Gasteiger partial charge in [-0.3, -0.25) is 0 Å². The largest absolute Gasteiger partial charge is 3.00 e. The Balaban J connectivity index is -0.000000126. The molecule has 1 unspecified atom stereocenters. The number of phosphoric acid groups is 1. The number of carboxylic acids is 1. The summed E-state index contributed by atoms with van der Waals surface area (Å²) in [5.74, 6) is -1.19. The first kappa shape index (κ1) is 18.0. The summed E-state index contributed by atoms with van der Waals surface area (Å²) in [7, 11) is -5.39. The van der Waals surface area contributed by atoms with E-state index < -0.39 is 19.9 Å². The first-order valence-electron chi connectivity index (χ1n) is 2.28. The number of carbonyl (C=O) groups is 1. The molecule has 68 valence electrons. The molecule has 7 nitrogen and oxygen atoms in total. The van der Waals surface area contributed by atoms with Gasteiger partial charge in [0.25, 0.3) is 0 Å². The molecule has 0 aromatic heterocycles. The molecule has 0 spiro atoms. The Hall–Kier alpha value is 0.0725. The van der Waals surface area contributed by atoms with Crippen LogP contribution in [0.4, 0.5) is 0 Å². The molecule has 0 bridgehead atoms. The first-order chi connectivity index (χ1) is 4.64. The zero-order chi connectivity index (χ0) is 9.65. The third-order valence-electron chi connectivity index (χ3n) is 0.357. The van der Waals surface area contributed by atoms with E-state index in [2.05, 4.69) is 0 Å². The minimum Gasteiger partial charge on any atom is -0.822 e. The van der Waals surface area contributed by atoms with Gasteiger partial charge < -0.3 is 29.5 Å². The van der Waals surface area contributed by atoms with Gasteiger partial charge in [-0.1, -0.05) is 0 Å². The second-order valence-electron chi connectivity index (χ2n) is 1.46. The predicted octanol–water partition coefficient (Wildman–Crippen LogP) is -3.75. The molecule has 0 rings (SSSR count). The monoisotopic (exact) mass is 212 g/mol. The van der Waals surface area contributed by atoms with Gasteiger partial charge in [0.05, 0.1) is 0 Å². The van der Waals surface area contributed by atoms with Crippen molar-refractivity contribution in [3.63, 3.8) is 0 Å². The number of hydrogen-bond acceptors (Lipinski definition) is 6. The molecule has 9 heteroatoms. The fraction of sp³-hybridized carbons (Fsp3) is 0.667.